The lowest BCUT2D eigenvalue weighted by molar-refractivity contribution is -0.120. The quantitative estimate of drug-likeness (QED) is 0.615. The Hall–Kier alpha value is -2.70. The number of amides is 1. The van der Waals surface area contributed by atoms with Gasteiger partial charge in [0.05, 0.1) is 11.6 Å². The van der Waals surface area contributed by atoms with E-state index >= 15 is 0 Å². The van der Waals surface area contributed by atoms with Crippen molar-refractivity contribution in [1.82, 2.24) is 14.4 Å². The molecule has 2 aromatic heterocycles. The average Bonchev–Trinajstić information content (AvgIpc) is 3.39. The minimum atomic E-state index is -3.83. The second-order valence-electron chi connectivity index (χ2n) is 7.11. The van der Waals surface area contributed by atoms with Gasteiger partial charge in [-0.3, -0.25) is 4.79 Å². The fraction of sp³-hybridized carbons (Fsp3) is 0.316. The second kappa shape index (κ2) is 8.44. The molecular weight excluding hydrogens is 450 g/mol. The lowest BCUT2D eigenvalue weighted by Crippen LogP contribution is -2.43. The first-order chi connectivity index (χ1) is 14.7. The molecule has 3 aromatic rings. The van der Waals surface area contributed by atoms with Crippen molar-refractivity contribution in [2.24, 2.45) is 5.92 Å². The topological polar surface area (TPSA) is 105 Å². The van der Waals surface area contributed by atoms with E-state index in [4.69, 9.17) is 4.52 Å². The molecule has 1 aromatic carbocycles. The number of hydrogen-bond acceptors (Lipinski definition) is 7. The van der Waals surface area contributed by atoms with Gasteiger partial charge in [0, 0.05) is 37.0 Å². The molecule has 4 rings (SSSR count). The van der Waals surface area contributed by atoms with E-state index in [1.807, 2.05) is 0 Å². The van der Waals surface area contributed by atoms with E-state index in [1.54, 1.807) is 12.3 Å². The maximum Gasteiger partial charge on any atom is 0.252 e. The zero-order chi connectivity index (χ0) is 22.2. The van der Waals surface area contributed by atoms with Crippen molar-refractivity contribution in [3.63, 3.8) is 0 Å². The molecule has 1 aliphatic heterocycles. The number of anilines is 1. The Bertz CT molecular complexity index is 1230. The van der Waals surface area contributed by atoms with Crippen molar-refractivity contribution < 1.29 is 26.5 Å². The highest BCUT2D eigenvalue weighted by Gasteiger charge is 2.34. The molecule has 1 N–H and O–H groups in total. The molecule has 3 heterocycles. The van der Waals surface area contributed by atoms with Gasteiger partial charge in [-0.05, 0) is 31.0 Å². The van der Waals surface area contributed by atoms with E-state index in [0.717, 1.165) is 23.5 Å². The summed E-state index contributed by atoms with van der Waals surface area (Å²) >= 11 is 1.03. The number of benzene rings is 1. The largest absolute Gasteiger partial charge is 0.339 e. The van der Waals surface area contributed by atoms with Crippen LogP contribution in [-0.2, 0) is 14.8 Å². The van der Waals surface area contributed by atoms with Crippen LogP contribution in [0, 0.1) is 24.5 Å². The molecule has 0 spiro atoms. The van der Waals surface area contributed by atoms with Crippen LogP contribution in [0.15, 0.2) is 38.4 Å². The van der Waals surface area contributed by atoms with Gasteiger partial charge in [0.25, 0.3) is 10.0 Å². The maximum atomic E-state index is 13.8. The highest BCUT2D eigenvalue weighted by molar-refractivity contribution is 7.91. The van der Waals surface area contributed by atoms with E-state index in [-0.39, 0.29) is 23.0 Å². The van der Waals surface area contributed by atoms with Crippen molar-refractivity contribution in [3.05, 3.63) is 47.2 Å². The molecule has 1 atom stereocenters. The van der Waals surface area contributed by atoms with Gasteiger partial charge in [0.2, 0.25) is 17.6 Å². The standard InChI is InChI=1S/C19H18F2N4O4S2/c1-11-22-18(24-29-11)13-7-17(30-10-13)31(27,28)25-6-2-3-12(9-25)19(26)23-16-5-4-14(20)8-15(16)21/h4-5,7-8,10,12H,2-3,6,9H2,1H3,(H,23,26)/t12-/m0/s1. The maximum absolute atomic E-state index is 13.8. The van der Waals surface area contributed by atoms with Crippen molar-refractivity contribution in [2.75, 3.05) is 18.4 Å². The van der Waals surface area contributed by atoms with Crippen LogP contribution in [0.25, 0.3) is 11.4 Å². The number of hydrogen-bond donors (Lipinski definition) is 1. The fourth-order valence-electron chi connectivity index (χ4n) is 3.31. The number of carbonyl (C=O) groups is 1. The number of thiophene rings is 1. The molecule has 1 aliphatic rings. The van der Waals surface area contributed by atoms with Crippen LogP contribution in [0.3, 0.4) is 0 Å². The lowest BCUT2D eigenvalue weighted by Gasteiger charge is -2.30. The molecule has 1 fully saturated rings. The van der Waals surface area contributed by atoms with Crippen LogP contribution >= 0.6 is 11.3 Å². The number of aryl methyl sites for hydroxylation is 1. The minimum absolute atomic E-state index is 0.0362. The third kappa shape index (κ3) is 4.50. The number of nitrogens with zero attached hydrogens (tertiary/aromatic N) is 3. The molecule has 31 heavy (non-hydrogen) atoms. The number of piperidine rings is 1. The van der Waals surface area contributed by atoms with Gasteiger partial charge < -0.3 is 9.84 Å². The smallest absolute Gasteiger partial charge is 0.252 e. The molecule has 1 amide bonds. The summed E-state index contributed by atoms with van der Waals surface area (Å²) in [5.74, 6) is -2.15. The minimum Gasteiger partial charge on any atom is -0.339 e. The number of carbonyl (C=O) groups excluding carboxylic acids is 1. The zero-order valence-corrected chi connectivity index (χ0v) is 18.0. The Morgan fingerprint density at radius 1 is 1.32 bits per heavy atom. The Labute approximate surface area is 180 Å². The lowest BCUT2D eigenvalue weighted by atomic mass is 9.98. The number of halogens is 2. The molecule has 164 valence electrons. The van der Waals surface area contributed by atoms with Gasteiger partial charge in [-0.2, -0.15) is 9.29 Å². The molecule has 1 saturated heterocycles. The van der Waals surface area contributed by atoms with Crippen LogP contribution < -0.4 is 5.32 Å². The van der Waals surface area contributed by atoms with Gasteiger partial charge in [-0.15, -0.1) is 11.3 Å². The highest BCUT2D eigenvalue weighted by atomic mass is 32.2. The van der Waals surface area contributed by atoms with Gasteiger partial charge >= 0.3 is 0 Å². The summed E-state index contributed by atoms with van der Waals surface area (Å²) in [7, 11) is -3.83. The van der Waals surface area contributed by atoms with Crippen LogP contribution in [0.2, 0.25) is 0 Å². The Balaban J connectivity index is 1.48. The van der Waals surface area contributed by atoms with Crippen molar-refractivity contribution >= 4 is 33.0 Å². The summed E-state index contributed by atoms with van der Waals surface area (Å²) in [5, 5.41) is 7.83. The van der Waals surface area contributed by atoms with Crippen LogP contribution in [0.4, 0.5) is 14.5 Å². The molecule has 0 radical (unpaired) electrons. The summed E-state index contributed by atoms with van der Waals surface area (Å²) in [6.45, 7) is 1.87. The number of rotatable bonds is 5. The van der Waals surface area contributed by atoms with E-state index in [1.165, 1.54) is 10.4 Å². The monoisotopic (exact) mass is 468 g/mol. The normalized spacial score (nSPS) is 17.6. The first-order valence-electron chi connectivity index (χ1n) is 9.39. The van der Waals surface area contributed by atoms with Gasteiger partial charge in [-0.1, -0.05) is 5.16 Å². The van der Waals surface area contributed by atoms with E-state index in [2.05, 4.69) is 15.5 Å². The van der Waals surface area contributed by atoms with Gasteiger partial charge in [0.1, 0.15) is 15.8 Å². The summed E-state index contributed by atoms with van der Waals surface area (Å²) in [6, 6.07) is 4.32. The second-order valence-corrected chi connectivity index (χ2v) is 10.2. The Morgan fingerprint density at radius 3 is 2.84 bits per heavy atom. The number of sulfonamides is 1. The SMILES string of the molecule is Cc1nc(-c2csc(S(=O)(=O)N3CCC[C@H](C(=O)Nc4ccc(F)cc4F)C3)c2)no1. The summed E-state index contributed by atoms with van der Waals surface area (Å²) in [6.07, 6.45) is 0.935. The highest BCUT2D eigenvalue weighted by Crippen LogP contribution is 2.31. The van der Waals surface area contributed by atoms with E-state index in [9.17, 15) is 22.0 Å². The van der Waals surface area contributed by atoms with Crippen LogP contribution in [0.1, 0.15) is 18.7 Å². The van der Waals surface area contributed by atoms with Gasteiger partial charge in [0.15, 0.2) is 0 Å². The zero-order valence-electron chi connectivity index (χ0n) is 16.3. The molecular formula is C19H18F2N4O4S2. The Morgan fingerprint density at radius 2 is 2.13 bits per heavy atom. The molecule has 0 bridgehead atoms. The molecule has 12 heteroatoms. The van der Waals surface area contributed by atoms with Crippen molar-refractivity contribution in [1.29, 1.82) is 0 Å². The van der Waals surface area contributed by atoms with Gasteiger partial charge in [-0.25, -0.2) is 17.2 Å². The average molecular weight is 469 g/mol. The third-order valence-corrected chi connectivity index (χ3v) is 8.18. The number of nitrogens with one attached hydrogen (secondary N) is 1. The van der Waals surface area contributed by atoms with Crippen LogP contribution in [0.5, 0.6) is 0 Å². The third-order valence-electron chi connectivity index (χ3n) is 4.90. The molecule has 8 nitrogen and oxygen atoms in total. The predicted molar refractivity (Wildman–Crippen MR) is 109 cm³/mol. The Kier molecular flexibility index (Phi) is 5.86. The molecule has 0 aliphatic carbocycles. The van der Waals surface area contributed by atoms with Crippen LogP contribution in [-0.4, -0.2) is 41.9 Å². The fourth-order valence-corrected chi connectivity index (χ4v) is 6.15. The molecule has 0 saturated carbocycles. The van der Waals surface area contributed by atoms with E-state index < -0.39 is 33.5 Å². The summed E-state index contributed by atoms with van der Waals surface area (Å²) < 4.78 is 59.4. The summed E-state index contributed by atoms with van der Waals surface area (Å²) in [5.41, 5.74) is 0.378. The van der Waals surface area contributed by atoms with E-state index in [0.29, 0.717) is 36.2 Å². The number of aromatic nitrogens is 2. The predicted octanol–water partition coefficient (Wildman–Crippen LogP) is 3.42. The first kappa shape index (κ1) is 21.5. The van der Waals surface area contributed by atoms with Crippen molar-refractivity contribution in [2.45, 2.75) is 24.0 Å². The molecule has 0 unspecified atom stereocenters. The summed E-state index contributed by atoms with van der Waals surface area (Å²) in [4.78, 5) is 16.7. The van der Waals surface area contributed by atoms with Crippen molar-refractivity contribution in [3.8, 4) is 11.4 Å². The first-order valence-corrected chi connectivity index (χ1v) is 11.7.